The van der Waals surface area contributed by atoms with Crippen LogP contribution in [0, 0.1) is 5.92 Å². The van der Waals surface area contributed by atoms with Gasteiger partial charge in [0, 0.05) is 31.7 Å². The molecule has 3 unspecified atom stereocenters. The molecule has 0 spiro atoms. The molecule has 1 saturated carbocycles. The SMILES string of the molecule is c1ccc2c(c1)CCN(CC1CC3CCCCC3N1)C2. The smallest absolute Gasteiger partial charge is 0.0237 e. The molecule has 2 aliphatic heterocycles. The van der Waals surface area contributed by atoms with Crippen LogP contribution in [0.25, 0.3) is 0 Å². The van der Waals surface area contributed by atoms with Crippen molar-refractivity contribution in [2.24, 2.45) is 5.92 Å². The maximum absolute atomic E-state index is 3.92. The highest BCUT2D eigenvalue weighted by molar-refractivity contribution is 5.29. The molecule has 1 aliphatic carbocycles. The minimum Gasteiger partial charge on any atom is -0.310 e. The largest absolute Gasteiger partial charge is 0.310 e. The van der Waals surface area contributed by atoms with Crippen LogP contribution in [0.5, 0.6) is 0 Å². The molecule has 0 bridgehead atoms. The van der Waals surface area contributed by atoms with Crippen LogP contribution in [0.3, 0.4) is 0 Å². The van der Waals surface area contributed by atoms with Crippen molar-refractivity contribution < 1.29 is 0 Å². The summed E-state index contributed by atoms with van der Waals surface area (Å²) in [6, 6.07) is 10.6. The fourth-order valence-corrected chi connectivity index (χ4v) is 4.59. The van der Waals surface area contributed by atoms with Gasteiger partial charge in [0.1, 0.15) is 0 Å². The molecule has 108 valence electrons. The quantitative estimate of drug-likeness (QED) is 0.889. The number of nitrogens with zero attached hydrogens (tertiary/aromatic N) is 1. The molecule has 0 aromatic heterocycles. The third-order valence-electron chi connectivity index (χ3n) is 5.63. The van der Waals surface area contributed by atoms with Crippen molar-refractivity contribution in [1.82, 2.24) is 10.2 Å². The highest BCUT2D eigenvalue weighted by atomic mass is 15.2. The molecule has 2 heteroatoms. The lowest BCUT2D eigenvalue weighted by molar-refractivity contribution is 0.229. The van der Waals surface area contributed by atoms with Crippen molar-refractivity contribution in [2.75, 3.05) is 13.1 Å². The highest BCUT2D eigenvalue weighted by Gasteiger charge is 2.35. The molecule has 20 heavy (non-hydrogen) atoms. The van der Waals surface area contributed by atoms with Crippen LogP contribution in [0.4, 0.5) is 0 Å². The van der Waals surface area contributed by atoms with Gasteiger partial charge in [0.15, 0.2) is 0 Å². The summed E-state index contributed by atoms with van der Waals surface area (Å²) in [7, 11) is 0. The standard InChI is InChI=1S/C18H26N2/c1-2-7-16-12-20(10-9-14(16)5-1)13-17-11-15-6-3-4-8-18(15)19-17/h1-2,5,7,15,17-19H,3-4,6,8-13H2. The summed E-state index contributed by atoms with van der Waals surface area (Å²) in [6.07, 6.45) is 8.45. The van der Waals surface area contributed by atoms with Crippen LogP contribution in [0.2, 0.25) is 0 Å². The minimum atomic E-state index is 0.744. The Labute approximate surface area is 122 Å². The van der Waals surface area contributed by atoms with E-state index in [-0.39, 0.29) is 0 Å². The molecule has 2 heterocycles. The third kappa shape index (κ3) is 2.51. The Hall–Kier alpha value is -0.860. The van der Waals surface area contributed by atoms with Crippen LogP contribution in [-0.4, -0.2) is 30.1 Å². The van der Waals surface area contributed by atoms with E-state index in [9.17, 15) is 0 Å². The third-order valence-corrected chi connectivity index (χ3v) is 5.63. The van der Waals surface area contributed by atoms with Crippen molar-refractivity contribution in [2.45, 2.75) is 57.2 Å². The second-order valence-electron chi connectivity index (χ2n) is 7.00. The second-order valence-corrected chi connectivity index (χ2v) is 7.00. The monoisotopic (exact) mass is 270 g/mol. The van der Waals surface area contributed by atoms with E-state index >= 15 is 0 Å². The lowest BCUT2D eigenvalue weighted by Crippen LogP contribution is -2.42. The Morgan fingerprint density at radius 3 is 2.85 bits per heavy atom. The van der Waals surface area contributed by atoms with Gasteiger partial charge in [0.2, 0.25) is 0 Å². The summed E-state index contributed by atoms with van der Waals surface area (Å²) in [5.41, 5.74) is 3.12. The first-order valence-corrected chi connectivity index (χ1v) is 8.44. The molecule has 1 saturated heterocycles. The van der Waals surface area contributed by atoms with Gasteiger partial charge in [0.05, 0.1) is 0 Å². The van der Waals surface area contributed by atoms with Crippen molar-refractivity contribution in [3.05, 3.63) is 35.4 Å². The topological polar surface area (TPSA) is 15.3 Å². The molecular formula is C18H26N2. The molecule has 3 atom stereocenters. The van der Waals surface area contributed by atoms with Crippen LogP contribution < -0.4 is 5.32 Å². The van der Waals surface area contributed by atoms with Gasteiger partial charge in [-0.15, -0.1) is 0 Å². The molecule has 4 rings (SSSR count). The van der Waals surface area contributed by atoms with Crippen LogP contribution in [0.1, 0.15) is 43.2 Å². The first-order valence-electron chi connectivity index (χ1n) is 8.44. The lowest BCUT2D eigenvalue weighted by Gasteiger charge is -2.31. The van der Waals surface area contributed by atoms with E-state index in [1.165, 1.54) is 51.6 Å². The van der Waals surface area contributed by atoms with Gasteiger partial charge in [-0.05, 0) is 42.7 Å². The van der Waals surface area contributed by atoms with E-state index in [2.05, 4.69) is 34.5 Å². The van der Waals surface area contributed by atoms with E-state index in [1.54, 1.807) is 11.1 Å². The highest BCUT2D eigenvalue weighted by Crippen LogP contribution is 2.33. The number of hydrogen-bond acceptors (Lipinski definition) is 2. The zero-order chi connectivity index (χ0) is 13.4. The average Bonchev–Trinajstić information content (AvgIpc) is 2.89. The predicted octanol–water partition coefficient (Wildman–Crippen LogP) is 2.97. The molecule has 0 radical (unpaired) electrons. The van der Waals surface area contributed by atoms with Crippen molar-refractivity contribution in [3.63, 3.8) is 0 Å². The van der Waals surface area contributed by atoms with Gasteiger partial charge < -0.3 is 5.32 Å². The Bertz CT molecular complexity index is 456. The molecular weight excluding hydrogens is 244 g/mol. The molecule has 1 aromatic rings. The first kappa shape index (κ1) is 12.8. The van der Waals surface area contributed by atoms with E-state index in [0.717, 1.165) is 24.5 Å². The Morgan fingerprint density at radius 2 is 1.95 bits per heavy atom. The number of rotatable bonds is 2. The predicted molar refractivity (Wildman–Crippen MR) is 82.7 cm³/mol. The summed E-state index contributed by atoms with van der Waals surface area (Å²) >= 11 is 0. The van der Waals surface area contributed by atoms with Gasteiger partial charge in [-0.3, -0.25) is 4.90 Å². The number of hydrogen-bond donors (Lipinski definition) is 1. The molecule has 2 fully saturated rings. The maximum atomic E-state index is 3.92. The Morgan fingerprint density at radius 1 is 1.10 bits per heavy atom. The van der Waals surface area contributed by atoms with Crippen LogP contribution in [0.15, 0.2) is 24.3 Å². The van der Waals surface area contributed by atoms with Gasteiger partial charge in [-0.2, -0.15) is 0 Å². The Kier molecular flexibility index (Phi) is 3.53. The number of nitrogens with one attached hydrogen (secondary N) is 1. The molecule has 0 amide bonds. The Balaban J connectivity index is 1.37. The normalized spacial score (nSPS) is 33.7. The van der Waals surface area contributed by atoms with Gasteiger partial charge in [-0.25, -0.2) is 0 Å². The van der Waals surface area contributed by atoms with E-state index < -0.39 is 0 Å². The number of benzene rings is 1. The van der Waals surface area contributed by atoms with Crippen LogP contribution >= 0.6 is 0 Å². The lowest BCUT2D eigenvalue weighted by atomic mass is 9.85. The molecule has 2 nitrogen and oxygen atoms in total. The van der Waals surface area contributed by atoms with Crippen molar-refractivity contribution in [3.8, 4) is 0 Å². The van der Waals surface area contributed by atoms with Crippen molar-refractivity contribution in [1.29, 1.82) is 0 Å². The fourth-order valence-electron chi connectivity index (χ4n) is 4.59. The number of fused-ring (bicyclic) bond motifs is 2. The van der Waals surface area contributed by atoms with Crippen molar-refractivity contribution >= 4 is 0 Å². The second kappa shape index (κ2) is 5.50. The summed E-state index contributed by atoms with van der Waals surface area (Å²) in [5.74, 6) is 0.978. The maximum Gasteiger partial charge on any atom is 0.0237 e. The summed E-state index contributed by atoms with van der Waals surface area (Å²) in [5, 5.41) is 3.92. The molecule has 1 N–H and O–H groups in total. The average molecular weight is 270 g/mol. The van der Waals surface area contributed by atoms with Gasteiger partial charge >= 0.3 is 0 Å². The summed E-state index contributed by atoms with van der Waals surface area (Å²) < 4.78 is 0. The zero-order valence-corrected chi connectivity index (χ0v) is 12.4. The molecule has 3 aliphatic rings. The first-order chi connectivity index (χ1) is 9.88. The molecule has 1 aromatic carbocycles. The fraction of sp³-hybridized carbons (Fsp3) is 0.667. The van der Waals surface area contributed by atoms with E-state index in [1.807, 2.05) is 0 Å². The van der Waals surface area contributed by atoms with E-state index in [0.29, 0.717) is 0 Å². The van der Waals surface area contributed by atoms with Gasteiger partial charge in [0.25, 0.3) is 0 Å². The van der Waals surface area contributed by atoms with Gasteiger partial charge in [-0.1, -0.05) is 37.1 Å². The zero-order valence-electron chi connectivity index (χ0n) is 12.4. The minimum absolute atomic E-state index is 0.744. The van der Waals surface area contributed by atoms with E-state index in [4.69, 9.17) is 0 Å². The summed E-state index contributed by atoms with van der Waals surface area (Å²) in [4.78, 5) is 2.66. The van der Waals surface area contributed by atoms with Crippen LogP contribution in [-0.2, 0) is 13.0 Å². The summed E-state index contributed by atoms with van der Waals surface area (Å²) in [6.45, 7) is 3.65.